The van der Waals surface area contributed by atoms with Crippen molar-refractivity contribution in [3.05, 3.63) is 39.7 Å². The molecule has 1 heterocycles. The Hall–Kier alpha value is -1.63. The number of para-hydroxylation sites is 1. The van der Waals surface area contributed by atoms with E-state index in [1.807, 2.05) is 0 Å². The van der Waals surface area contributed by atoms with Crippen LogP contribution in [0.4, 0.5) is 14.9 Å². The SMILES string of the molecule is CN1C(=O)C(=NC(Cl)=C(Cl)Cl)N(c2ccccc2F)C1=O. The zero-order chi connectivity index (χ0) is 15.7. The summed E-state index contributed by atoms with van der Waals surface area (Å²) in [6.07, 6.45) is 0. The molecule has 0 atom stereocenters. The molecule has 1 aliphatic rings. The highest BCUT2D eigenvalue weighted by molar-refractivity contribution is 6.60. The fourth-order valence-corrected chi connectivity index (χ4v) is 1.82. The highest BCUT2D eigenvalue weighted by Crippen LogP contribution is 2.27. The van der Waals surface area contributed by atoms with Crippen molar-refractivity contribution in [1.82, 2.24) is 4.90 Å². The first kappa shape index (κ1) is 15.8. The molecule has 21 heavy (non-hydrogen) atoms. The van der Waals surface area contributed by atoms with Crippen LogP contribution in [0.3, 0.4) is 0 Å². The molecular formula is C12H7Cl3FN3O2. The highest BCUT2D eigenvalue weighted by Gasteiger charge is 2.42. The third-order valence-corrected chi connectivity index (χ3v) is 3.46. The van der Waals surface area contributed by atoms with Gasteiger partial charge in [0.25, 0.3) is 5.91 Å². The number of likely N-dealkylation sites (N-methyl/N-ethyl adjacent to an activating group) is 1. The number of carbonyl (C=O) groups excluding carboxylic acids is 2. The number of urea groups is 1. The van der Waals surface area contributed by atoms with Gasteiger partial charge in [-0.05, 0) is 12.1 Å². The number of nitrogens with zero attached hydrogens (tertiary/aromatic N) is 3. The van der Waals surface area contributed by atoms with Crippen LogP contribution < -0.4 is 4.90 Å². The van der Waals surface area contributed by atoms with Gasteiger partial charge in [-0.15, -0.1) is 0 Å². The van der Waals surface area contributed by atoms with Crippen LogP contribution in [-0.4, -0.2) is 29.7 Å². The number of carbonyl (C=O) groups is 2. The molecule has 1 aromatic carbocycles. The molecule has 5 nitrogen and oxygen atoms in total. The Balaban J connectivity index is 2.61. The second-order valence-corrected chi connectivity index (χ2v) is 5.23. The molecule has 1 aliphatic heterocycles. The molecule has 0 aromatic heterocycles. The second-order valence-electron chi connectivity index (χ2n) is 3.92. The van der Waals surface area contributed by atoms with Crippen LogP contribution in [0.2, 0.25) is 0 Å². The molecule has 3 amide bonds. The number of amides is 3. The van der Waals surface area contributed by atoms with Gasteiger partial charge in [0.2, 0.25) is 5.84 Å². The molecule has 110 valence electrons. The van der Waals surface area contributed by atoms with E-state index in [-0.39, 0.29) is 15.3 Å². The van der Waals surface area contributed by atoms with Crippen LogP contribution in [0, 0.1) is 5.82 Å². The summed E-state index contributed by atoms with van der Waals surface area (Å²) in [7, 11) is 1.24. The molecule has 0 saturated carbocycles. The fourth-order valence-electron chi connectivity index (χ4n) is 1.66. The smallest absolute Gasteiger partial charge is 0.265 e. The van der Waals surface area contributed by atoms with Crippen molar-refractivity contribution in [1.29, 1.82) is 0 Å². The van der Waals surface area contributed by atoms with Crippen LogP contribution in [-0.2, 0) is 4.79 Å². The lowest BCUT2D eigenvalue weighted by atomic mass is 10.3. The Bertz CT molecular complexity index is 686. The first-order chi connectivity index (χ1) is 9.84. The van der Waals surface area contributed by atoms with E-state index in [1.165, 1.54) is 25.2 Å². The number of imide groups is 1. The predicted molar refractivity (Wildman–Crippen MR) is 79.1 cm³/mol. The minimum absolute atomic E-state index is 0.130. The Morgan fingerprint density at radius 1 is 1.19 bits per heavy atom. The number of anilines is 1. The molecule has 0 unspecified atom stereocenters. The quantitative estimate of drug-likeness (QED) is 0.606. The van der Waals surface area contributed by atoms with Gasteiger partial charge in [-0.2, -0.15) is 0 Å². The number of halogens is 4. The summed E-state index contributed by atoms with van der Waals surface area (Å²) in [5.74, 6) is -1.84. The monoisotopic (exact) mass is 349 g/mol. The Kier molecular flexibility index (Phi) is 4.51. The van der Waals surface area contributed by atoms with E-state index >= 15 is 0 Å². The van der Waals surface area contributed by atoms with Gasteiger partial charge in [0.1, 0.15) is 10.3 Å². The molecule has 0 radical (unpaired) electrons. The fraction of sp³-hybridized carbons (Fsp3) is 0.0833. The lowest BCUT2D eigenvalue weighted by Crippen LogP contribution is -2.32. The standard InChI is InChI=1S/C12H7Cl3FN3O2/c1-18-11(20)10(17-9(15)8(13)14)19(12(18)21)7-5-3-2-4-6(7)16/h2-5H,1H3. The van der Waals surface area contributed by atoms with Gasteiger partial charge in [-0.1, -0.05) is 46.9 Å². The molecule has 2 rings (SSSR count). The van der Waals surface area contributed by atoms with Crippen LogP contribution in [0.15, 0.2) is 38.9 Å². The van der Waals surface area contributed by atoms with E-state index in [1.54, 1.807) is 0 Å². The molecule has 1 aromatic rings. The largest absolute Gasteiger partial charge is 0.337 e. The van der Waals surface area contributed by atoms with Crippen molar-refractivity contribution in [3.8, 4) is 0 Å². The second kappa shape index (κ2) is 6.01. The van der Waals surface area contributed by atoms with E-state index in [9.17, 15) is 14.0 Å². The topological polar surface area (TPSA) is 53.0 Å². The third-order valence-electron chi connectivity index (χ3n) is 2.64. The van der Waals surface area contributed by atoms with E-state index in [4.69, 9.17) is 34.8 Å². The van der Waals surface area contributed by atoms with Gasteiger partial charge in [0, 0.05) is 7.05 Å². The van der Waals surface area contributed by atoms with Crippen molar-refractivity contribution >= 4 is 58.3 Å². The molecular weight excluding hydrogens is 344 g/mol. The van der Waals surface area contributed by atoms with Crippen LogP contribution in [0.5, 0.6) is 0 Å². The predicted octanol–water partition coefficient (Wildman–Crippen LogP) is 3.47. The summed E-state index contributed by atoms with van der Waals surface area (Å²) < 4.78 is 13.5. The molecule has 9 heteroatoms. The minimum Gasteiger partial charge on any atom is -0.265 e. The number of benzene rings is 1. The minimum atomic E-state index is -0.765. The maximum Gasteiger partial charge on any atom is 0.337 e. The van der Waals surface area contributed by atoms with Crippen molar-refractivity contribution in [2.75, 3.05) is 11.9 Å². The third kappa shape index (κ3) is 2.88. The normalized spacial score (nSPS) is 16.9. The lowest BCUT2D eigenvalue weighted by Gasteiger charge is -2.15. The van der Waals surface area contributed by atoms with Gasteiger partial charge in [0.15, 0.2) is 5.16 Å². The van der Waals surface area contributed by atoms with Crippen molar-refractivity contribution in [2.24, 2.45) is 4.99 Å². The average molecular weight is 351 g/mol. The van der Waals surface area contributed by atoms with Gasteiger partial charge in [-0.25, -0.2) is 19.1 Å². The summed E-state index contributed by atoms with van der Waals surface area (Å²) in [6, 6.07) is 4.67. The number of rotatable bonds is 2. The molecule has 0 spiro atoms. The van der Waals surface area contributed by atoms with Gasteiger partial charge >= 0.3 is 6.03 Å². The summed E-state index contributed by atoms with van der Waals surface area (Å²) in [6.45, 7) is 0. The summed E-state index contributed by atoms with van der Waals surface area (Å²) in [5, 5.41) is -0.383. The van der Waals surface area contributed by atoms with E-state index in [0.29, 0.717) is 0 Å². The van der Waals surface area contributed by atoms with Crippen LogP contribution in [0.1, 0.15) is 0 Å². The lowest BCUT2D eigenvalue weighted by molar-refractivity contribution is -0.119. The van der Waals surface area contributed by atoms with Crippen LogP contribution >= 0.6 is 34.8 Å². The Morgan fingerprint density at radius 3 is 2.38 bits per heavy atom. The number of hydrogen-bond acceptors (Lipinski definition) is 3. The summed E-state index contributed by atoms with van der Waals surface area (Å²) in [4.78, 5) is 29.4. The highest BCUT2D eigenvalue weighted by atomic mass is 35.5. The molecule has 1 saturated heterocycles. The average Bonchev–Trinajstić information content (AvgIpc) is 2.64. The van der Waals surface area contributed by atoms with Gasteiger partial charge in [-0.3, -0.25) is 9.69 Å². The molecule has 0 N–H and O–H groups in total. The van der Waals surface area contributed by atoms with E-state index in [0.717, 1.165) is 15.9 Å². The summed E-state index contributed by atoms with van der Waals surface area (Å²) >= 11 is 16.6. The first-order valence-corrected chi connectivity index (χ1v) is 6.64. The van der Waals surface area contributed by atoms with Crippen molar-refractivity contribution in [3.63, 3.8) is 0 Å². The number of hydrogen-bond donors (Lipinski definition) is 0. The Labute approximate surface area is 134 Å². The van der Waals surface area contributed by atoms with Crippen molar-refractivity contribution < 1.29 is 14.0 Å². The zero-order valence-electron chi connectivity index (χ0n) is 10.5. The number of aliphatic imine (C=N–C) groups is 1. The van der Waals surface area contributed by atoms with Gasteiger partial charge in [0.05, 0.1) is 5.69 Å². The maximum absolute atomic E-state index is 13.9. The maximum atomic E-state index is 13.9. The van der Waals surface area contributed by atoms with E-state index in [2.05, 4.69) is 4.99 Å². The van der Waals surface area contributed by atoms with Crippen LogP contribution in [0.25, 0.3) is 0 Å². The summed E-state index contributed by atoms with van der Waals surface area (Å²) in [5.41, 5.74) is -0.130. The first-order valence-electron chi connectivity index (χ1n) is 5.50. The molecule has 0 bridgehead atoms. The zero-order valence-corrected chi connectivity index (χ0v) is 12.7. The molecule has 1 fully saturated rings. The van der Waals surface area contributed by atoms with E-state index < -0.39 is 23.6 Å². The Morgan fingerprint density at radius 2 is 1.81 bits per heavy atom. The van der Waals surface area contributed by atoms with Crippen molar-refractivity contribution in [2.45, 2.75) is 0 Å². The molecule has 0 aliphatic carbocycles. The van der Waals surface area contributed by atoms with Gasteiger partial charge < -0.3 is 0 Å². The number of amidine groups is 1.